The highest BCUT2D eigenvalue weighted by Crippen LogP contribution is 2.24. The van der Waals surface area contributed by atoms with E-state index >= 15 is 0 Å². The van der Waals surface area contributed by atoms with Crippen molar-refractivity contribution in [2.24, 2.45) is 0 Å². The molecule has 6 nitrogen and oxygen atoms in total. The highest BCUT2D eigenvalue weighted by molar-refractivity contribution is 7.99. The SMILES string of the molecule is CS(=O)(=O)NC(=O)[C@H]1CSCN1C(=O)c1ccc(Cl)cc1. The van der Waals surface area contributed by atoms with Gasteiger partial charge in [-0.15, -0.1) is 11.8 Å². The molecule has 21 heavy (non-hydrogen) atoms. The van der Waals surface area contributed by atoms with Crippen molar-refractivity contribution in [3.8, 4) is 0 Å². The molecule has 1 atom stereocenters. The summed E-state index contributed by atoms with van der Waals surface area (Å²) in [4.78, 5) is 25.7. The highest BCUT2D eigenvalue weighted by atomic mass is 35.5. The third-order valence-electron chi connectivity index (χ3n) is 2.82. The van der Waals surface area contributed by atoms with Gasteiger partial charge in [-0.3, -0.25) is 14.3 Å². The zero-order chi connectivity index (χ0) is 15.6. The summed E-state index contributed by atoms with van der Waals surface area (Å²) >= 11 is 7.16. The number of amides is 2. The maximum atomic E-state index is 12.4. The fraction of sp³-hybridized carbons (Fsp3) is 0.333. The van der Waals surface area contributed by atoms with Gasteiger partial charge in [0.25, 0.3) is 11.8 Å². The number of nitrogens with zero attached hydrogens (tertiary/aromatic N) is 1. The lowest BCUT2D eigenvalue weighted by Gasteiger charge is -2.22. The van der Waals surface area contributed by atoms with Gasteiger partial charge in [-0.2, -0.15) is 0 Å². The Morgan fingerprint density at radius 3 is 2.52 bits per heavy atom. The number of halogens is 1. The van der Waals surface area contributed by atoms with Crippen LogP contribution < -0.4 is 4.72 Å². The molecule has 1 aromatic rings. The van der Waals surface area contributed by atoms with Gasteiger partial charge in [0.15, 0.2) is 0 Å². The fourth-order valence-electron chi connectivity index (χ4n) is 1.87. The van der Waals surface area contributed by atoms with E-state index in [4.69, 9.17) is 11.6 Å². The number of nitrogens with one attached hydrogen (secondary N) is 1. The van der Waals surface area contributed by atoms with Crippen molar-refractivity contribution in [3.63, 3.8) is 0 Å². The molecule has 2 amide bonds. The van der Waals surface area contributed by atoms with E-state index in [0.29, 0.717) is 22.2 Å². The molecule has 1 aliphatic heterocycles. The first-order valence-corrected chi connectivity index (χ1v) is 9.36. The Balaban J connectivity index is 2.16. The van der Waals surface area contributed by atoms with E-state index in [1.807, 2.05) is 4.72 Å². The molecular formula is C12H13ClN2O4S2. The average Bonchev–Trinajstić information content (AvgIpc) is 2.86. The van der Waals surface area contributed by atoms with Gasteiger partial charge in [0.2, 0.25) is 10.0 Å². The molecule has 0 radical (unpaired) electrons. The topological polar surface area (TPSA) is 83.6 Å². The minimum absolute atomic E-state index is 0.328. The van der Waals surface area contributed by atoms with Crippen LogP contribution in [0.15, 0.2) is 24.3 Å². The smallest absolute Gasteiger partial charge is 0.257 e. The molecule has 0 aromatic heterocycles. The van der Waals surface area contributed by atoms with Crippen LogP contribution in [0.2, 0.25) is 5.02 Å². The predicted molar refractivity (Wildman–Crippen MR) is 81.7 cm³/mol. The summed E-state index contributed by atoms with van der Waals surface area (Å²) in [7, 11) is -3.64. The summed E-state index contributed by atoms with van der Waals surface area (Å²) in [5, 5.41) is 0.508. The van der Waals surface area contributed by atoms with Gasteiger partial charge >= 0.3 is 0 Å². The zero-order valence-corrected chi connectivity index (χ0v) is 13.5. The Kier molecular flexibility index (Phi) is 4.80. The molecule has 1 aromatic carbocycles. The average molecular weight is 349 g/mol. The number of rotatable bonds is 3. The summed E-state index contributed by atoms with van der Waals surface area (Å²) < 4.78 is 24.2. The van der Waals surface area contributed by atoms with Crippen molar-refractivity contribution in [1.29, 1.82) is 0 Å². The second-order valence-electron chi connectivity index (χ2n) is 4.54. The van der Waals surface area contributed by atoms with Gasteiger partial charge < -0.3 is 4.90 Å². The van der Waals surface area contributed by atoms with E-state index in [1.54, 1.807) is 24.3 Å². The van der Waals surface area contributed by atoms with Crippen LogP contribution in [-0.2, 0) is 14.8 Å². The van der Waals surface area contributed by atoms with Crippen LogP contribution in [0.3, 0.4) is 0 Å². The summed E-state index contributed by atoms with van der Waals surface area (Å²) in [5.41, 5.74) is 0.402. The van der Waals surface area contributed by atoms with Crippen molar-refractivity contribution in [3.05, 3.63) is 34.9 Å². The van der Waals surface area contributed by atoms with Crippen molar-refractivity contribution < 1.29 is 18.0 Å². The molecule has 0 saturated carbocycles. The Labute approximate surface area is 131 Å². The van der Waals surface area contributed by atoms with Crippen molar-refractivity contribution in [2.75, 3.05) is 17.9 Å². The van der Waals surface area contributed by atoms with Gasteiger partial charge in [0, 0.05) is 16.3 Å². The molecule has 0 bridgehead atoms. The number of benzene rings is 1. The lowest BCUT2D eigenvalue weighted by Crippen LogP contribution is -2.48. The number of carbonyl (C=O) groups is 2. The molecule has 1 fully saturated rings. The van der Waals surface area contributed by atoms with Crippen LogP contribution in [0.5, 0.6) is 0 Å². The molecular weight excluding hydrogens is 336 g/mol. The number of sulfonamides is 1. The Hall–Kier alpha value is -1.25. The minimum Gasteiger partial charge on any atom is -0.316 e. The Morgan fingerprint density at radius 2 is 1.95 bits per heavy atom. The van der Waals surface area contributed by atoms with E-state index in [9.17, 15) is 18.0 Å². The van der Waals surface area contributed by atoms with E-state index in [0.717, 1.165) is 6.26 Å². The third kappa shape index (κ3) is 4.12. The second-order valence-corrected chi connectivity index (χ2v) is 7.72. The normalized spacial score (nSPS) is 18.6. The van der Waals surface area contributed by atoms with Crippen molar-refractivity contribution in [1.82, 2.24) is 9.62 Å². The van der Waals surface area contributed by atoms with Crippen LogP contribution in [0.1, 0.15) is 10.4 Å². The minimum atomic E-state index is -3.64. The van der Waals surface area contributed by atoms with E-state index in [-0.39, 0.29) is 5.91 Å². The number of thioether (sulfide) groups is 1. The van der Waals surface area contributed by atoms with Gasteiger partial charge in [0.05, 0.1) is 12.1 Å². The van der Waals surface area contributed by atoms with Gasteiger partial charge in [-0.25, -0.2) is 8.42 Å². The quantitative estimate of drug-likeness (QED) is 0.878. The van der Waals surface area contributed by atoms with Gasteiger partial charge in [-0.1, -0.05) is 11.6 Å². The molecule has 114 valence electrons. The van der Waals surface area contributed by atoms with E-state index in [2.05, 4.69) is 0 Å². The van der Waals surface area contributed by atoms with Crippen LogP contribution in [0.25, 0.3) is 0 Å². The number of hydrogen-bond acceptors (Lipinski definition) is 5. The highest BCUT2D eigenvalue weighted by Gasteiger charge is 2.36. The van der Waals surface area contributed by atoms with Crippen LogP contribution in [-0.4, -0.2) is 49.1 Å². The van der Waals surface area contributed by atoms with Crippen molar-refractivity contribution in [2.45, 2.75) is 6.04 Å². The summed E-state index contributed by atoms with van der Waals surface area (Å²) in [6, 6.07) is 5.51. The zero-order valence-electron chi connectivity index (χ0n) is 11.1. The molecule has 2 rings (SSSR count). The molecule has 0 aliphatic carbocycles. The first-order chi connectivity index (χ1) is 9.78. The molecule has 1 saturated heterocycles. The first kappa shape index (κ1) is 16.1. The van der Waals surface area contributed by atoms with Crippen LogP contribution in [0.4, 0.5) is 0 Å². The number of hydrogen-bond donors (Lipinski definition) is 1. The Bertz CT molecular complexity index is 660. The van der Waals surface area contributed by atoms with E-state index in [1.165, 1.54) is 16.7 Å². The Morgan fingerprint density at radius 1 is 1.33 bits per heavy atom. The first-order valence-electron chi connectivity index (χ1n) is 5.94. The van der Waals surface area contributed by atoms with Crippen LogP contribution in [0, 0.1) is 0 Å². The van der Waals surface area contributed by atoms with E-state index < -0.39 is 22.0 Å². The molecule has 9 heteroatoms. The summed E-state index contributed by atoms with van der Waals surface area (Å²) in [5.74, 6) is -0.320. The lowest BCUT2D eigenvalue weighted by atomic mass is 10.1. The lowest BCUT2D eigenvalue weighted by molar-refractivity contribution is -0.122. The van der Waals surface area contributed by atoms with Gasteiger partial charge in [0.1, 0.15) is 6.04 Å². The third-order valence-corrected chi connectivity index (χ3v) is 4.66. The standard InChI is InChI=1S/C12H13ClN2O4S2/c1-21(18,19)14-11(16)10-6-20-7-15(10)12(17)8-2-4-9(13)5-3-8/h2-5,10H,6-7H2,1H3,(H,14,16)/t10-/m1/s1. The summed E-state index contributed by atoms with van der Waals surface area (Å²) in [6.45, 7) is 0. The predicted octanol–water partition coefficient (Wildman–Crippen LogP) is 0.931. The molecule has 0 spiro atoms. The maximum Gasteiger partial charge on any atom is 0.257 e. The summed E-state index contributed by atoms with van der Waals surface area (Å²) in [6.07, 6.45) is 0.901. The largest absolute Gasteiger partial charge is 0.316 e. The van der Waals surface area contributed by atoms with Crippen molar-refractivity contribution >= 4 is 45.2 Å². The fourth-order valence-corrected chi connectivity index (χ4v) is 3.65. The van der Waals surface area contributed by atoms with Crippen LogP contribution >= 0.6 is 23.4 Å². The van der Waals surface area contributed by atoms with Gasteiger partial charge in [-0.05, 0) is 24.3 Å². The number of carbonyl (C=O) groups excluding carboxylic acids is 2. The molecule has 1 aliphatic rings. The molecule has 0 unspecified atom stereocenters. The second kappa shape index (κ2) is 6.25. The molecule has 1 N–H and O–H groups in total. The molecule has 1 heterocycles. The monoisotopic (exact) mass is 348 g/mol. The maximum absolute atomic E-state index is 12.4.